The fourth-order valence-corrected chi connectivity index (χ4v) is 13.9. The summed E-state index contributed by atoms with van der Waals surface area (Å²) in [6.07, 6.45) is 7.20. The van der Waals surface area contributed by atoms with Crippen LogP contribution in [-0.4, -0.2) is 29.9 Å². The maximum atomic E-state index is 8.48. The van der Waals surface area contributed by atoms with Crippen LogP contribution in [0.2, 0.25) is 0 Å². The standard InChI is InChI=1S/C51H33N3.C47H31N3/c1-2-9-34(10-3-1)35-16-22-38(23-17-35)49-32-50(39-24-18-37(19-25-39)42-11-8-30-52-33-42)54-51(53-49)40-26-20-36(21-27-40)41-28-29-47-45-14-5-4-12-43(45)44-13-6-7-15-46(44)48(47)31-41;1-2-9-32(10-3-1)33-16-22-36(23-17-33)45-30-46(37-24-18-34(19-25-37)40-12-8-28-48-31-40)50-47(49-45)38-26-20-35(21-27-38)44-29-39-11-4-5-13-41(39)42-14-6-7-15-43(42)44/h1-33H;1-31H/i2*1D,2D,3D,9D,10D. The van der Waals surface area contributed by atoms with E-state index in [0.717, 1.165) is 89.3 Å². The highest BCUT2D eigenvalue weighted by Crippen LogP contribution is 2.41. The van der Waals surface area contributed by atoms with Crippen LogP contribution >= 0.6 is 0 Å². The van der Waals surface area contributed by atoms with Gasteiger partial charge in [0.15, 0.2) is 11.6 Å². The summed E-state index contributed by atoms with van der Waals surface area (Å²) in [5.74, 6) is 1.12. The van der Waals surface area contributed by atoms with Crippen LogP contribution in [0.5, 0.6) is 0 Å². The monoisotopic (exact) mass is 1330 g/mol. The zero-order valence-corrected chi connectivity index (χ0v) is 55.9. The summed E-state index contributed by atoms with van der Waals surface area (Å²) in [5, 5.41) is 12.2. The van der Waals surface area contributed by atoms with Crippen molar-refractivity contribution in [2.45, 2.75) is 0 Å². The second kappa shape index (κ2) is 27.6. The second-order valence-corrected chi connectivity index (χ2v) is 25.4. The Labute approximate surface area is 617 Å². The molecule has 0 saturated carbocycles. The molecule has 0 aliphatic carbocycles. The lowest BCUT2D eigenvalue weighted by Crippen LogP contribution is -1.96. The summed E-state index contributed by atoms with van der Waals surface area (Å²) in [5.41, 5.74) is 18.0. The minimum atomic E-state index is -0.414. The molecule has 0 bridgehead atoms. The first kappa shape index (κ1) is 52.1. The van der Waals surface area contributed by atoms with E-state index in [2.05, 4.69) is 216 Å². The van der Waals surface area contributed by atoms with Gasteiger partial charge in [-0.15, -0.1) is 0 Å². The Balaban J connectivity index is 0.000000159. The molecular weight excluding hydrogens is 1260 g/mol. The van der Waals surface area contributed by atoms with Crippen LogP contribution < -0.4 is 0 Å². The van der Waals surface area contributed by atoms with E-state index in [9.17, 15) is 0 Å². The molecule has 0 fully saturated rings. The Morgan fingerprint density at radius 3 is 0.904 bits per heavy atom. The van der Waals surface area contributed by atoms with Crippen LogP contribution in [0.4, 0.5) is 0 Å². The van der Waals surface area contributed by atoms with Crippen molar-refractivity contribution < 1.29 is 13.7 Å². The fourth-order valence-electron chi connectivity index (χ4n) is 13.9. The molecule has 104 heavy (non-hydrogen) atoms. The van der Waals surface area contributed by atoms with Crippen LogP contribution in [0, 0.1) is 0 Å². The summed E-state index contributed by atoms with van der Waals surface area (Å²) in [6, 6.07) is 99.5. The zero-order valence-electron chi connectivity index (χ0n) is 65.9. The molecule has 6 nitrogen and oxygen atoms in total. The topological polar surface area (TPSA) is 77.3 Å². The molecular formula is C98H64N6. The van der Waals surface area contributed by atoms with Crippen molar-refractivity contribution >= 4 is 53.9 Å². The highest BCUT2D eigenvalue weighted by molar-refractivity contribution is 6.26. The maximum absolute atomic E-state index is 8.48. The Morgan fingerprint density at radius 2 is 0.500 bits per heavy atom. The molecule has 15 aromatic carbocycles. The molecule has 0 amide bonds. The smallest absolute Gasteiger partial charge is 0.160 e. The van der Waals surface area contributed by atoms with Gasteiger partial charge in [-0.05, 0) is 157 Å². The molecule has 0 unspecified atom stereocenters. The van der Waals surface area contributed by atoms with Gasteiger partial charge in [-0.25, -0.2) is 19.9 Å². The SMILES string of the molecule is [2H]c1c([2H])c([2H])c(-c2ccc(-c3cc(-c4ccc(-c5cccnc5)cc4)nc(-c4ccc(-c5cc6ccccc6c6ccccc56)cc4)n3)cc2)c([2H])c1[2H].[2H]c1c([2H])c([2H])c(-c2ccc(-c3cc(-c4ccc(-c5cccnc5)cc4)nc(-c4ccc(-c5ccc6c7ccccc7c7ccccc7c6c5)cc4)n3)cc2)c([2H])c1[2H]. The summed E-state index contributed by atoms with van der Waals surface area (Å²) in [7, 11) is 0. The molecule has 486 valence electrons. The zero-order chi connectivity index (χ0) is 77.8. The fraction of sp³-hybridized carbons (Fsp3) is 0. The Kier molecular flexibility index (Phi) is 13.9. The lowest BCUT2D eigenvalue weighted by atomic mass is 9.92. The number of aromatic nitrogens is 6. The quantitative estimate of drug-likeness (QED) is 0.113. The number of benzene rings is 15. The Morgan fingerprint density at radius 1 is 0.192 bits per heavy atom. The third-order valence-electron chi connectivity index (χ3n) is 19.2. The van der Waals surface area contributed by atoms with E-state index in [1.807, 2.05) is 85.2 Å². The predicted octanol–water partition coefficient (Wildman–Crippen LogP) is 25.5. The van der Waals surface area contributed by atoms with Crippen molar-refractivity contribution in [2.24, 2.45) is 0 Å². The van der Waals surface area contributed by atoms with Crippen LogP contribution in [0.1, 0.15) is 13.7 Å². The van der Waals surface area contributed by atoms with E-state index in [-0.39, 0.29) is 59.5 Å². The molecule has 19 rings (SSSR count). The third kappa shape index (κ3) is 12.5. The minimum absolute atomic E-state index is 0.161. The molecule has 0 radical (unpaired) electrons. The average Bonchev–Trinajstić information content (AvgIpc) is 0.746. The summed E-state index contributed by atoms with van der Waals surface area (Å²) in [6.45, 7) is 0. The number of nitrogens with zero attached hydrogens (tertiary/aromatic N) is 6. The van der Waals surface area contributed by atoms with E-state index in [1.54, 1.807) is 36.7 Å². The molecule has 0 atom stereocenters. The number of pyridine rings is 2. The third-order valence-corrected chi connectivity index (χ3v) is 19.2. The lowest BCUT2D eigenvalue weighted by Gasteiger charge is -2.13. The first-order valence-electron chi connectivity index (χ1n) is 39.3. The molecule has 0 N–H and O–H groups in total. The molecule has 6 heteroatoms. The average molecular weight is 1340 g/mol. The van der Waals surface area contributed by atoms with Crippen LogP contribution in [0.15, 0.2) is 389 Å². The highest BCUT2D eigenvalue weighted by atomic mass is 14.9. The van der Waals surface area contributed by atoms with Crippen molar-refractivity contribution in [2.75, 3.05) is 0 Å². The largest absolute Gasteiger partial charge is 0.264 e. The molecule has 0 aliphatic heterocycles. The van der Waals surface area contributed by atoms with Gasteiger partial charge in [-0.2, -0.15) is 0 Å². The summed E-state index contributed by atoms with van der Waals surface area (Å²) >= 11 is 0. The van der Waals surface area contributed by atoms with Crippen molar-refractivity contribution in [3.63, 3.8) is 0 Å². The van der Waals surface area contributed by atoms with E-state index >= 15 is 0 Å². The van der Waals surface area contributed by atoms with Crippen molar-refractivity contribution in [1.29, 1.82) is 0 Å². The molecule has 4 heterocycles. The van der Waals surface area contributed by atoms with E-state index in [4.69, 9.17) is 33.6 Å². The minimum Gasteiger partial charge on any atom is -0.264 e. The van der Waals surface area contributed by atoms with Gasteiger partial charge in [-0.3, -0.25) is 9.97 Å². The van der Waals surface area contributed by atoms with Gasteiger partial charge in [0.05, 0.1) is 36.5 Å². The molecule has 0 saturated heterocycles. The van der Waals surface area contributed by atoms with Crippen LogP contribution in [-0.2, 0) is 0 Å². The number of hydrogen-bond acceptors (Lipinski definition) is 6. The first-order chi connectivity index (χ1) is 55.7. The lowest BCUT2D eigenvalue weighted by molar-refractivity contribution is 1.18. The number of hydrogen-bond donors (Lipinski definition) is 0. The van der Waals surface area contributed by atoms with Crippen LogP contribution in [0.3, 0.4) is 0 Å². The van der Waals surface area contributed by atoms with Gasteiger partial charge in [0.1, 0.15) is 0 Å². The Bertz CT molecular complexity index is 6890. The van der Waals surface area contributed by atoms with Gasteiger partial charge in [0, 0.05) is 58.2 Å². The maximum Gasteiger partial charge on any atom is 0.160 e. The molecule has 0 aliphatic rings. The van der Waals surface area contributed by atoms with Crippen LogP contribution in [0.25, 0.3) is 188 Å². The number of fused-ring (bicyclic) bond motifs is 9. The molecule has 0 spiro atoms. The van der Waals surface area contributed by atoms with Crippen molar-refractivity contribution in [3.8, 4) is 135 Å². The van der Waals surface area contributed by atoms with Gasteiger partial charge < -0.3 is 0 Å². The molecule has 19 aromatic rings. The first-order valence-corrected chi connectivity index (χ1v) is 34.3. The van der Waals surface area contributed by atoms with Gasteiger partial charge >= 0.3 is 0 Å². The van der Waals surface area contributed by atoms with Crippen molar-refractivity contribution in [3.05, 3.63) is 389 Å². The van der Waals surface area contributed by atoms with Gasteiger partial charge in [-0.1, -0.05) is 327 Å². The van der Waals surface area contributed by atoms with E-state index in [0.29, 0.717) is 34.2 Å². The molecule has 4 aromatic heterocycles. The number of rotatable bonds is 12. The second-order valence-electron chi connectivity index (χ2n) is 25.4. The Hall–Kier alpha value is -13.9. The predicted molar refractivity (Wildman–Crippen MR) is 432 cm³/mol. The van der Waals surface area contributed by atoms with Crippen molar-refractivity contribution in [1.82, 2.24) is 29.9 Å². The highest BCUT2D eigenvalue weighted by Gasteiger charge is 2.17. The normalized spacial score (nSPS) is 12.6. The van der Waals surface area contributed by atoms with E-state index < -0.39 is 12.1 Å². The van der Waals surface area contributed by atoms with Gasteiger partial charge in [0.2, 0.25) is 0 Å². The van der Waals surface area contributed by atoms with Gasteiger partial charge in [0.25, 0.3) is 0 Å². The van der Waals surface area contributed by atoms with E-state index in [1.165, 1.54) is 53.9 Å². The summed E-state index contributed by atoms with van der Waals surface area (Å²) in [4.78, 5) is 28.8. The summed E-state index contributed by atoms with van der Waals surface area (Å²) < 4.78 is 82.4.